The average molecular weight is 435 g/mol. The van der Waals surface area contributed by atoms with Crippen molar-refractivity contribution in [3.05, 3.63) is 56.5 Å². The van der Waals surface area contributed by atoms with Crippen molar-refractivity contribution in [2.45, 2.75) is 11.7 Å². The molecule has 3 aromatic rings. The van der Waals surface area contributed by atoms with Gasteiger partial charge in [-0.05, 0) is 17.7 Å². The number of fused-ring (bicyclic) bond motifs is 1. The van der Waals surface area contributed by atoms with Crippen molar-refractivity contribution in [2.24, 2.45) is 14.1 Å². The predicted octanol–water partition coefficient (Wildman–Crippen LogP) is -0.372. The first kappa shape index (κ1) is 20.8. The topological polar surface area (TPSA) is 75.5 Å². The molecule has 1 fully saturated rings. The van der Waals surface area contributed by atoms with Gasteiger partial charge >= 0.3 is 5.69 Å². The van der Waals surface area contributed by atoms with E-state index in [4.69, 9.17) is 4.74 Å². The summed E-state index contributed by atoms with van der Waals surface area (Å²) in [6, 6.07) is 6.19. The quantitative estimate of drug-likeness (QED) is 0.536. The van der Waals surface area contributed by atoms with Crippen LogP contribution >= 0.6 is 11.8 Å². The van der Waals surface area contributed by atoms with Gasteiger partial charge in [0.1, 0.15) is 18.9 Å². The molecule has 1 aromatic carbocycles. The normalized spacial score (nSPS) is 15.2. The van der Waals surface area contributed by atoms with Crippen molar-refractivity contribution in [3.63, 3.8) is 0 Å². The fourth-order valence-corrected chi connectivity index (χ4v) is 4.69. The van der Waals surface area contributed by atoms with E-state index in [9.17, 15) is 14.0 Å². The number of thioether (sulfide) groups is 1. The number of morpholine rings is 1. The van der Waals surface area contributed by atoms with Crippen LogP contribution in [0, 0.1) is 5.82 Å². The summed E-state index contributed by atoms with van der Waals surface area (Å²) in [5.74, 6) is 0.520. The zero-order valence-corrected chi connectivity index (χ0v) is 17.9. The third kappa shape index (κ3) is 4.07. The van der Waals surface area contributed by atoms with Crippen molar-refractivity contribution in [1.82, 2.24) is 18.7 Å². The number of benzene rings is 1. The molecule has 0 bridgehead atoms. The van der Waals surface area contributed by atoms with Crippen LogP contribution < -0.4 is 16.1 Å². The van der Waals surface area contributed by atoms with Crippen LogP contribution in [0.25, 0.3) is 11.2 Å². The summed E-state index contributed by atoms with van der Waals surface area (Å²) in [5, 5.41) is 0.681. The summed E-state index contributed by atoms with van der Waals surface area (Å²) in [4.78, 5) is 31.4. The van der Waals surface area contributed by atoms with Gasteiger partial charge in [-0.3, -0.25) is 13.9 Å². The standard InChI is InChI=1S/C20H24FN5O3S/c1-23-17-16(18(27)24(2)20(23)28)26(13-14-3-5-15(21)6-4-14)19(22-17)30-12-9-25-7-10-29-11-8-25/h3-6H,7-13H2,1-2H3/p+1. The number of halogens is 1. The largest absolute Gasteiger partial charge is 0.370 e. The fraction of sp³-hybridized carbons (Fsp3) is 0.450. The maximum Gasteiger partial charge on any atom is 0.332 e. The summed E-state index contributed by atoms with van der Waals surface area (Å²) < 4.78 is 23.1. The zero-order chi connectivity index (χ0) is 21.3. The molecule has 0 radical (unpaired) electrons. The van der Waals surface area contributed by atoms with E-state index in [0.29, 0.717) is 22.9 Å². The smallest absolute Gasteiger partial charge is 0.332 e. The van der Waals surface area contributed by atoms with Crippen molar-refractivity contribution < 1.29 is 14.0 Å². The SMILES string of the molecule is Cn1c(=O)c2c(nc(SCC[NH+]3CCOCC3)n2Cc2ccc(F)cc2)n(C)c1=O. The molecule has 1 N–H and O–H groups in total. The Morgan fingerprint density at radius 3 is 2.53 bits per heavy atom. The summed E-state index contributed by atoms with van der Waals surface area (Å²) in [6.07, 6.45) is 0. The first-order valence-corrected chi connectivity index (χ1v) is 10.9. The monoisotopic (exact) mass is 434 g/mol. The van der Waals surface area contributed by atoms with E-state index in [1.54, 1.807) is 30.9 Å². The maximum absolute atomic E-state index is 13.3. The van der Waals surface area contributed by atoms with Gasteiger partial charge in [-0.1, -0.05) is 23.9 Å². The molecule has 1 aliphatic rings. The first-order valence-electron chi connectivity index (χ1n) is 9.90. The average Bonchev–Trinajstić information content (AvgIpc) is 3.11. The lowest BCUT2D eigenvalue weighted by atomic mass is 10.2. The lowest BCUT2D eigenvalue weighted by Crippen LogP contribution is -3.14. The van der Waals surface area contributed by atoms with E-state index in [2.05, 4.69) is 4.98 Å². The molecule has 0 spiro atoms. The van der Waals surface area contributed by atoms with E-state index in [0.717, 1.165) is 48.7 Å². The number of nitrogens with zero attached hydrogens (tertiary/aromatic N) is 4. The molecule has 30 heavy (non-hydrogen) atoms. The second kappa shape index (κ2) is 8.75. The Morgan fingerprint density at radius 1 is 1.13 bits per heavy atom. The molecule has 0 atom stereocenters. The van der Waals surface area contributed by atoms with Gasteiger partial charge in [-0.2, -0.15) is 0 Å². The molecule has 0 aliphatic carbocycles. The van der Waals surface area contributed by atoms with Gasteiger partial charge in [-0.25, -0.2) is 14.2 Å². The van der Waals surface area contributed by atoms with E-state index < -0.39 is 5.69 Å². The number of ether oxygens (including phenoxy) is 1. The highest BCUT2D eigenvalue weighted by molar-refractivity contribution is 7.99. The Labute approximate surface area is 176 Å². The van der Waals surface area contributed by atoms with Crippen molar-refractivity contribution in [2.75, 3.05) is 38.6 Å². The predicted molar refractivity (Wildman–Crippen MR) is 113 cm³/mol. The third-order valence-electron chi connectivity index (χ3n) is 5.45. The number of hydrogen-bond donors (Lipinski definition) is 1. The van der Waals surface area contributed by atoms with Gasteiger partial charge in [0, 0.05) is 14.1 Å². The molecule has 10 heteroatoms. The van der Waals surface area contributed by atoms with E-state index in [1.165, 1.54) is 28.6 Å². The van der Waals surface area contributed by atoms with E-state index in [1.807, 2.05) is 4.57 Å². The maximum atomic E-state index is 13.3. The van der Waals surface area contributed by atoms with Crippen LogP contribution in [0.1, 0.15) is 5.56 Å². The summed E-state index contributed by atoms with van der Waals surface area (Å²) >= 11 is 1.57. The Morgan fingerprint density at radius 2 is 1.83 bits per heavy atom. The van der Waals surface area contributed by atoms with Gasteiger partial charge in [0.25, 0.3) is 5.56 Å². The van der Waals surface area contributed by atoms with Gasteiger partial charge in [0.15, 0.2) is 16.3 Å². The number of aromatic nitrogens is 4. The molecule has 3 heterocycles. The Hall–Kier alpha value is -2.43. The van der Waals surface area contributed by atoms with E-state index in [-0.39, 0.29) is 11.4 Å². The summed E-state index contributed by atoms with van der Waals surface area (Å²) in [7, 11) is 3.08. The van der Waals surface area contributed by atoms with Crippen LogP contribution in [0.5, 0.6) is 0 Å². The van der Waals surface area contributed by atoms with E-state index >= 15 is 0 Å². The number of rotatable bonds is 6. The van der Waals surface area contributed by atoms with Crippen LogP contribution in [0.4, 0.5) is 4.39 Å². The lowest BCUT2D eigenvalue weighted by Gasteiger charge is -2.23. The minimum absolute atomic E-state index is 0.310. The molecule has 2 aromatic heterocycles. The van der Waals surface area contributed by atoms with Crippen LogP contribution in [0.2, 0.25) is 0 Å². The second-order valence-corrected chi connectivity index (χ2v) is 8.51. The number of quaternary nitrogens is 1. The Balaban J connectivity index is 1.70. The number of imidazole rings is 1. The minimum atomic E-state index is -0.409. The van der Waals surface area contributed by atoms with Gasteiger partial charge in [0.05, 0.1) is 32.1 Å². The van der Waals surface area contributed by atoms with Crippen molar-refractivity contribution in [3.8, 4) is 0 Å². The van der Waals surface area contributed by atoms with Crippen molar-refractivity contribution in [1.29, 1.82) is 0 Å². The summed E-state index contributed by atoms with van der Waals surface area (Å²) in [6.45, 7) is 4.87. The Bertz CT molecular complexity index is 1160. The lowest BCUT2D eigenvalue weighted by molar-refractivity contribution is -0.905. The number of nitrogens with one attached hydrogen (secondary N) is 1. The minimum Gasteiger partial charge on any atom is -0.370 e. The molecule has 160 valence electrons. The Kier molecular flexibility index (Phi) is 6.07. The number of aryl methyl sites for hydroxylation is 1. The first-order chi connectivity index (χ1) is 14.5. The van der Waals surface area contributed by atoms with Crippen molar-refractivity contribution >= 4 is 22.9 Å². The van der Waals surface area contributed by atoms with Gasteiger partial charge in [-0.15, -0.1) is 0 Å². The zero-order valence-electron chi connectivity index (χ0n) is 17.1. The van der Waals surface area contributed by atoms with Crippen LogP contribution in [0.3, 0.4) is 0 Å². The molecule has 4 rings (SSSR count). The van der Waals surface area contributed by atoms with Crippen LogP contribution in [-0.4, -0.2) is 57.3 Å². The molecule has 0 saturated carbocycles. The fourth-order valence-electron chi connectivity index (χ4n) is 3.65. The molecule has 8 nitrogen and oxygen atoms in total. The number of hydrogen-bond acceptors (Lipinski definition) is 5. The highest BCUT2D eigenvalue weighted by atomic mass is 32.2. The molecule has 0 unspecified atom stereocenters. The second-order valence-electron chi connectivity index (χ2n) is 7.45. The highest BCUT2D eigenvalue weighted by Crippen LogP contribution is 2.22. The van der Waals surface area contributed by atoms with Gasteiger partial charge < -0.3 is 14.2 Å². The highest BCUT2D eigenvalue weighted by Gasteiger charge is 2.21. The van der Waals surface area contributed by atoms with Crippen LogP contribution in [0.15, 0.2) is 39.0 Å². The van der Waals surface area contributed by atoms with Gasteiger partial charge in [0.2, 0.25) is 0 Å². The molecular formula is C20H25FN5O3S+. The molecular weight excluding hydrogens is 409 g/mol. The molecule has 1 aliphatic heterocycles. The molecule has 1 saturated heterocycles. The molecule has 0 amide bonds. The summed E-state index contributed by atoms with van der Waals surface area (Å²) in [5.41, 5.74) is 0.811. The van der Waals surface area contributed by atoms with Crippen LogP contribution in [-0.2, 0) is 25.4 Å². The third-order valence-corrected chi connectivity index (χ3v) is 6.43.